The molecule has 0 aliphatic rings. The maximum Gasteiger partial charge on any atom is 0.242 e. The van der Waals surface area contributed by atoms with Crippen LogP contribution in [-0.4, -0.2) is 55.0 Å². The van der Waals surface area contributed by atoms with Gasteiger partial charge in [-0.25, -0.2) is 0 Å². The molecule has 1 heterocycles. The van der Waals surface area contributed by atoms with Crippen LogP contribution in [0.2, 0.25) is 0 Å². The molecule has 2 amide bonds. The number of nitrogens with zero attached hydrogens (tertiary/aromatic N) is 2. The van der Waals surface area contributed by atoms with Crippen molar-refractivity contribution >= 4 is 11.8 Å². The van der Waals surface area contributed by atoms with Gasteiger partial charge in [-0.2, -0.15) is 0 Å². The van der Waals surface area contributed by atoms with Crippen LogP contribution in [0, 0.1) is 6.92 Å². The van der Waals surface area contributed by atoms with Gasteiger partial charge < -0.3 is 19.0 Å². The third kappa shape index (κ3) is 8.19. The second kappa shape index (κ2) is 13.4. The number of methoxy groups -OCH3 is 1. The molecule has 34 heavy (non-hydrogen) atoms. The van der Waals surface area contributed by atoms with Crippen molar-refractivity contribution in [3.63, 3.8) is 0 Å². The Kier molecular flexibility index (Phi) is 9.92. The Balaban J connectivity index is 1.66. The first-order valence-corrected chi connectivity index (χ1v) is 11.7. The number of hydrogen-bond donors (Lipinski definition) is 0. The van der Waals surface area contributed by atoms with E-state index in [1.165, 1.54) is 0 Å². The van der Waals surface area contributed by atoms with E-state index in [4.69, 9.17) is 9.15 Å². The van der Waals surface area contributed by atoms with E-state index in [1.807, 2.05) is 67.6 Å². The second-order valence-corrected chi connectivity index (χ2v) is 8.36. The summed E-state index contributed by atoms with van der Waals surface area (Å²) in [7, 11) is 1.60. The van der Waals surface area contributed by atoms with Gasteiger partial charge in [-0.1, -0.05) is 60.7 Å². The number of furan rings is 1. The number of ether oxygens (including phenoxy) is 1. The highest BCUT2D eigenvalue weighted by Crippen LogP contribution is 2.12. The predicted octanol–water partition coefficient (Wildman–Crippen LogP) is 4.27. The van der Waals surface area contributed by atoms with E-state index in [0.717, 1.165) is 29.1 Å². The van der Waals surface area contributed by atoms with Crippen LogP contribution in [0.15, 0.2) is 77.2 Å². The zero-order chi connectivity index (χ0) is 24.2. The third-order valence-electron chi connectivity index (χ3n) is 5.72. The zero-order valence-electron chi connectivity index (χ0n) is 20.1. The van der Waals surface area contributed by atoms with Gasteiger partial charge in [0.15, 0.2) is 0 Å². The normalized spacial score (nSPS) is 10.8. The number of aryl methyl sites for hydroxylation is 2. The van der Waals surface area contributed by atoms with E-state index < -0.39 is 0 Å². The van der Waals surface area contributed by atoms with E-state index >= 15 is 0 Å². The average molecular weight is 463 g/mol. The van der Waals surface area contributed by atoms with Gasteiger partial charge in [0, 0.05) is 26.6 Å². The first kappa shape index (κ1) is 25.2. The lowest BCUT2D eigenvalue weighted by atomic mass is 10.1. The maximum absolute atomic E-state index is 13.4. The minimum absolute atomic E-state index is 0.0193. The van der Waals surface area contributed by atoms with Crippen LogP contribution in [-0.2, 0) is 33.7 Å². The fourth-order valence-electron chi connectivity index (χ4n) is 3.77. The lowest BCUT2D eigenvalue weighted by Crippen LogP contribution is -2.44. The van der Waals surface area contributed by atoms with Crippen molar-refractivity contribution in [3.8, 4) is 0 Å². The monoisotopic (exact) mass is 462 g/mol. The molecule has 0 spiro atoms. The van der Waals surface area contributed by atoms with E-state index in [9.17, 15) is 9.59 Å². The summed E-state index contributed by atoms with van der Waals surface area (Å²) in [6.45, 7) is 3.58. The van der Waals surface area contributed by atoms with Gasteiger partial charge in [0.05, 0.1) is 19.7 Å². The highest BCUT2D eigenvalue weighted by atomic mass is 16.5. The Morgan fingerprint density at radius 2 is 1.44 bits per heavy atom. The molecule has 0 saturated heterocycles. The highest BCUT2D eigenvalue weighted by molar-refractivity contribution is 5.85. The van der Waals surface area contributed by atoms with Crippen molar-refractivity contribution in [1.82, 2.24) is 9.80 Å². The van der Waals surface area contributed by atoms with Crippen LogP contribution in [0.4, 0.5) is 0 Å². The maximum atomic E-state index is 13.4. The Morgan fingerprint density at radius 1 is 0.794 bits per heavy atom. The highest BCUT2D eigenvalue weighted by Gasteiger charge is 2.22. The van der Waals surface area contributed by atoms with Crippen molar-refractivity contribution in [3.05, 3.63) is 95.4 Å². The molecule has 0 unspecified atom stereocenters. The van der Waals surface area contributed by atoms with Gasteiger partial charge in [-0.3, -0.25) is 9.59 Å². The van der Waals surface area contributed by atoms with Crippen molar-refractivity contribution in [2.75, 3.05) is 33.4 Å². The molecule has 1 aromatic heterocycles. The number of hydrogen-bond acceptors (Lipinski definition) is 4. The summed E-state index contributed by atoms with van der Waals surface area (Å²) in [6.07, 6.45) is 1.72. The van der Waals surface area contributed by atoms with Crippen molar-refractivity contribution in [2.45, 2.75) is 32.7 Å². The van der Waals surface area contributed by atoms with Crippen LogP contribution in [0.5, 0.6) is 0 Å². The molecule has 180 valence electrons. The van der Waals surface area contributed by atoms with Crippen molar-refractivity contribution < 1.29 is 18.7 Å². The summed E-state index contributed by atoms with van der Waals surface area (Å²) < 4.78 is 10.9. The summed E-state index contributed by atoms with van der Waals surface area (Å²) in [5.41, 5.74) is 2.26. The second-order valence-electron chi connectivity index (χ2n) is 8.36. The van der Waals surface area contributed by atoms with E-state index in [0.29, 0.717) is 39.1 Å². The topological polar surface area (TPSA) is 63.0 Å². The fraction of sp³-hybridized carbons (Fsp3) is 0.357. The Labute approximate surface area is 202 Å². The molecule has 0 N–H and O–H groups in total. The van der Waals surface area contributed by atoms with Crippen LogP contribution >= 0.6 is 0 Å². The lowest BCUT2D eigenvalue weighted by molar-refractivity contribution is -0.141. The standard InChI is InChI=1S/C28H34N2O4/c1-23-13-15-26(34-23)21-29(18-17-25-11-7-4-8-12-25)28(32)22-30(19-20-33-2)27(31)16-14-24-9-5-3-6-10-24/h3-13,15H,14,16-22H2,1-2H3. The Bertz CT molecular complexity index is 1020. The Hall–Kier alpha value is -3.38. The minimum Gasteiger partial charge on any atom is -0.464 e. The summed E-state index contributed by atoms with van der Waals surface area (Å²) in [5, 5.41) is 0. The zero-order valence-corrected chi connectivity index (χ0v) is 20.1. The molecule has 3 aromatic rings. The lowest BCUT2D eigenvalue weighted by Gasteiger charge is -2.27. The molecular weight excluding hydrogens is 428 g/mol. The van der Waals surface area contributed by atoms with Gasteiger partial charge in [0.1, 0.15) is 11.5 Å². The van der Waals surface area contributed by atoms with Crippen LogP contribution < -0.4 is 0 Å². The molecule has 0 bridgehead atoms. The van der Waals surface area contributed by atoms with Crippen LogP contribution in [0.1, 0.15) is 29.1 Å². The molecule has 2 aromatic carbocycles. The van der Waals surface area contributed by atoms with Gasteiger partial charge >= 0.3 is 0 Å². The van der Waals surface area contributed by atoms with Crippen LogP contribution in [0.3, 0.4) is 0 Å². The summed E-state index contributed by atoms with van der Waals surface area (Å²) in [6, 6.07) is 23.8. The van der Waals surface area contributed by atoms with Crippen molar-refractivity contribution in [1.29, 1.82) is 0 Å². The fourth-order valence-corrected chi connectivity index (χ4v) is 3.77. The molecule has 0 saturated carbocycles. The molecule has 0 aliphatic heterocycles. The third-order valence-corrected chi connectivity index (χ3v) is 5.72. The number of carbonyl (C=O) groups excluding carboxylic acids is 2. The summed E-state index contributed by atoms with van der Waals surface area (Å²) >= 11 is 0. The minimum atomic E-state index is -0.103. The molecule has 0 radical (unpaired) electrons. The molecular formula is C28H34N2O4. The molecule has 0 aliphatic carbocycles. The van der Waals surface area contributed by atoms with E-state index in [-0.39, 0.29) is 18.4 Å². The molecule has 3 rings (SSSR count). The van der Waals surface area contributed by atoms with Crippen molar-refractivity contribution in [2.24, 2.45) is 0 Å². The molecule has 0 atom stereocenters. The first-order chi connectivity index (χ1) is 16.5. The SMILES string of the molecule is COCCN(CC(=O)N(CCc1ccccc1)Cc1ccc(C)o1)C(=O)CCc1ccccc1. The summed E-state index contributed by atoms with van der Waals surface area (Å²) in [4.78, 5) is 29.8. The van der Waals surface area contributed by atoms with Crippen LogP contribution in [0.25, 0.3) is 0 Å². The quantitative estimate of drug-likeness (QED) is 0.381. The van der Waals surface area contributed by atoms with Gasteiger partial charge in [0.25, 0.3) is 0 Å². The Morgan fingerprint density at radius 3 is 2.03 bits per heavy atom. The molecule has 6 heteroatoms. The largest absolute Gasteiger partial charge is 0.464 e. The molecule has 6 nitrogen and oxygen atoms in total. The van der Waals surface area contributed by atoms with E-state index in [1.54, 1.807) is 16.9 Å². The van der Waals surface area contributed by atoms with E-state index in [2.05, 4.69) is 12.1 Å². The predicted molar refractivity (Wildman–Crippen MR) is 132 cm³/mol. The average Bonchev–Trinajstić information content (AvgIpc) is 3.28. The number of carbonyl (C=O) groups is 2. The summed E-state index contributed by atoms with van der Waals surface area (Å²) in [5.74, 6) is 1.39. The number of rotatable bonds is 13. The van der Waals surface area contributed by atoms with Gasteiger partial charge in [0.2, 0.25) is 11.8 Å². The number of benzene rings is 2. The smallest absolute Gasteiger partial charge is 0.242 e. The number of amides is 2. The van der Waals surface area contributed by atoms with Gasteiger partial charge in [-0.15, -0.1) is 0 Å². The molecule has 0 fully saturated rings. The first-order valence-electron chi connectivity index (χ1n) is 11.7. The van der Waals surface area contributed by atoms with Gasteiger partial charge in [-0.05, 0) is 43.0 Å².